The molecule has 1 heterocycles. The molecular weight excluding hydrogens is 291 g/mol. The van der Waals surface area contributed by atoms with E-state index in [9.17, 15) is 19.3 Å². The van der Waals surface area contributed by atoms with Crippen LogP contribution in [0.25, 0.3) is 11.3 Å². The molecule has 0 atom stereocenters. The van der Waals surface area contributed by atoms with Gasteiger partial charge in [-0.25, -0.2) is 14.2 Å². The lowest BCUT2D eigenvalue weighted by Crippen LogP contribution is -1.99. The molecule has 0 saturated carbocycles. The molecule has 1 N–H and O–H groups in total. The van der Waals surface area contributed by atoms with Crippen LogP contribution in [0.3, 0.4) is 0 Å². The molecule has 2 rings (SSSR count). The highest BCUT2D eigenvalue weighted by atomic mass is 35.5. The van der Waals surface area contributed by atoms with Crippen molar-refractivity contribution in [1.82, 2.24) is 4.98 Å². The van der Waals surface area contributed by atoms with Gasteiger partial charge in [-0.05, 0) is 18.2 Å². The molecule has 2 aromatic rings. The Morgan fingerprint density at radius 3 is 2.60 bits per heavy atom. The number of aromatic carboxylic acids is 1. The first kappa shape index (κ1) is 13.9. The molecule has 0 saturated heterocycles. The number of aromatic nitrogens is 1. The van der Waals surface area contributed by atoms with Gasteiger partial charge in [0, 0.05) is 11.6 Å². The summed E-state index contributed by atoms with van der Waals surface area (Å²) in [5.41, 5.74) is -0.496. The van der Waals surface area contributed by atoms with Crippen LogP contribution in [0.2, 0.25) is 5.15 Å². The summed E-state index contributed by atoms with van der Waals surface area (Å²) < 4.78 is 13.4. The van der Waals surface area contributed by atoms with E-state index in [4.69, 9.17) is 16.7 Å². The number of hydrogen-bond acceptors (Lipinski definition) is 4. The summed E-state index contributed by atoms with van der Waals surface area (Å²) in [5, 5.41) is 19.4. The van der Waals surface area contributed by atoms with Gasteiger partial charge in [0.15, 0.2) is 0 Å². The first-order valence-electron chi connectivity index (χ1n) is 5.23. The fourth-order valence-corrected chi connectivity index (χ4v) is 1.80. The van der Waals surface area contributed by atoms with Gasteiger partial charge in [0.05, 0.1) is 22.2 Å². The van der Waals surface area contributed by atoms with Crippen molar-refractivity contribution in [3.8, 4) is 11.3 Å². The summed E-state index contributed by atoms with van der Waals surface area (Å²) >= 11 is 5.66. The number of benzene rings is 1. The molecule has 0 radical (unpaired) electrons. The minimum absolute atomic E-state index is 0.0196. The first-order valence-corrected chi connectivity index (χ1v) is 5.61. The Balaban J connectivity index is 2.62. The maximum absolute atomic E-state index is 13.4. The lowest BCUT2D eigenvalue weighted by Gasteiger charge is -2.04. The standard InChI is InChI=1S/C12H6ClFN2O4/c13-11-5-9(16(19)20)4-10(15-11)6-1-7(12(17)18)3-8(14)2-6/h1-5H,(H,17,18). The number of hydrogen-bond donors (Lipinski definition) is 1. The third-order valence-electron chi connectivity index (χ3n) is 2.43. The van der Waals surface area contributed by atoms with Gasteiger partial charge < -0.3 is 5.11 Å². The number of nitrogens with zero attached hydrogens (tertiary/aromatic N) is 2. The summed E-state index contributed by atoms with van der Waals surface area (Å²) in [6, 6.07) is 5.15. The molecule has 0 spiro atoms. The van der Waals surface area contributed by atoms with Crippen LogP contribution in [0.4, 0.5) is 10.1 Å². The van der Waals surface area contributed by atoms with E-state index in [0.29, 0.717) is 0 Å². The van der Waals surface area contributed by atoms with Crippen molar-refractivity contribution in [3.05, 3.63) is 57.0 Å². The SMILES string of the molecule is O=C(O)c1cc(F)cc(-c2cc([N+](=O)[O-])cc(Cl)n2)c1. The quantitative estimate of drug-likeness (QED) is 0.533. The van der Waals surface area contributed by atoms with E-state index in [1.807, 2.05) is 0 Å². The Hall–Kier alpha value is -2.54. The predicted molar refractivity (Wildman–Crippen MR) is 68.3 cm³/mol. The molecule has 0 bridgehead atoms. The highest BCUT2D eigenvalue weighted by molar-refractivity contribution is 6.29. The van der Waals surface area contributed by atoms with Crippen LogP contribution in [-0.4, -0.2) is 21.0 Å². The minimum Gasteiger partial charge on any atom is -0.478 e. The maximum atomic E-state index is 13.4. The fraction of sp³-hybridized carbons (Fsp3) is 0. The van der Waals surface area contributed by atoms with E-state index in [0.717, 1.165) is 30.3 Å². The molecule has 1 aromatic carbocycles. The van der Waals surface area contributed by atoms with Gasteiger partial charge in [0.25, 0.3) is 5.69 Å². The van der Waals surface area contributed by atoms with E-state index in [1.165, 1.54) is 0 Å². The van der Waals surface area contributed by atoms with Crippen LogP contribution >= 0.6 is 11.6 Å². The molecule has 6 nitrogen and oxygen atoms in total. The first-order chi connectivity index (χ1) is 9.36. The lowest BCUT2D eigenvalue weighted by atomic mass is 10.1. The van der Waals surface area contributed by atoms with Gasteiger partial charge in [-0.3, -0.25) is 10.1 Å². The number of carboxylic acids is 1. The largest absolute Gasteiger partial charge is 0.478 e. The van der Waals surface area contributed by atoms with Gasteiger partial charge in [-0.2, -0.15) is 0 Å². The van der Waals surface area contributed by atoms with Crippen molar-refractivity contribution in [1.29, 1.82) is 0 Å². The predicted octanol–water partition coefficient (Wildman–Crippen LogP) is 3.15. The van der Waals surface area contributed by atoms with Crippen LogP contribution in [0, 0.1) is 15.9 Å². The molecule has 8 heteroatoms. The molecule has 0 aliphatic carbocycles. The second kappa shape index (κ2) is 5.22. The highest BCUT2D eigenvalue weighted by Gasteiger charge is 2.14. The lowest BCUT2D eigenvalue weighted by molar-refractivity contribution is -0.384. The number of nitro groups is 1. The summed E-state index contributed by atoms with van der Waals surface area (Å²) in [4.78, 5) is 24.7. The summed E-state index contributed by atoms with van der Waals surface area (Å²) in [6.07, 6.45) is 0. The molecule has 20 heavy (non-hydrogen) atoms. The minimum atomic E-state index is -1.32. The Kier molecular flexibility index (Phi) is 3.62. The fourth-order valence-electron chi connectivity index (χ4n) is 1.60. The maximum Gasteiger partial charge on any atom is 0.335 e. The zero-order chi connectivity index (χ0) is 14.9. The molecule has 0 amide bonds. The van der Waals surface area contributed by atoms with Gasteiger partial charge in [0.1, 0.15) is 11.0 Å². The van der Waals surface area contributed by atoms with Crippen molar-refractivity contribution < 1.29 is 19.2 Å². The van der Waals surface area contributed by atoms with E-state index < -0.39 is 16.7 Å². The van der Waals surface area contributed by atoms with Gasteiger partial charge in [-0.1, -0.05) is 11.6 Å². The van der Waals surface area contributed by atoms with Crippen LogP contribution in [0.1, 0.15) is 10.4 Å². The van der Waals surface area contributed by atoms with Crippen molar-refractivity contribution in [2.75, 3.05) is 0 Å². The highest BCUT2D eigenvalue weighted by Crippen LogP contribution is 2.26. The van der Waals surface area contributed by atoms with Crippen LogP contribution in [0.15, 0.2) is 30.3 Å². The van der Waals surface area contributed by atoms with E-state index >= 15 is 0 Å². The number of carbonyl (C=O) groups is 1. The van der Waals surface area contributed by atoms with Crippen LogP contribution < -0.4 is 0 Å². The van der Waals surface area contributed by atoms with E-state index in [-0.39, 0.29) is 27.7 Å². The second-order valence-electron chi connectivity index (χ2n) is 3.82. The number of carboxylic acid groups (broad SMARTS) is 1. The Labute approximate surface area is 116 Å². The Morgan fingerprint density at radius 1 is 1.30 bits per heavy atom. The second-order valence-corrected chi connectivity index (χ2v) is 4.21. The third kappa shape index (κ3) is 2.89. The zero-order valence-electron chi connectivity index (χ0n) is 9.71. The zero-order valence-corrected chi connectivity index (χ0v) is 10.5. The average Bonchev–Trinajstić information content (AvgIpc) is 2.37. The van der Waals surface area contributed by atoms with Crippen molar-refractivity contribution in [2.45, 2.75) is 0 Å². The van der Waals surface area contributed by atoms with Gasteiger partial charge >= 0.3 is 5.97 Å². The van der Waals surface area contributed by atoms with Crippen molar-refractivity contribution in [2.24, 2.45) is 0 Å². The summed E-state index contributed by atoms with van der Waals surface area (Å²) in [5.74, 6) is -2.10. The molecule has 0 aliphatic rings. The van der Waals surface area contributed by atoms with Gasteiger partial charge in [0.2, 0.25) is 0 Å². The number of rotatable bonds is 3. The summed E-state index contributed by atoms with van der Waals surface area (Å²) in [7, 11) is 0. The molecule has 0 unspecified atom stereocenters. The topological polar surface area (TPSA) is 93.3 Å². The smallest absolute Gasteiger partial charge is 0.335 e. The Morgan fingerprint density at radius 2 is 2.00 bits per heavy atom. The van der Waals surface area contributed by atoms with E-state index in [1.54, 1.807) is 0 Å². The third-order valence-corrected chi connectivity index (χ3v) is 2.62. The van der Waals surface area contributed by atoms with Crippen LogP contribution in [0.5, 0.6) is 0 Å². The van der Waals surface area contributed by atoms with Crippen molar-refractivity contribution >= 4 is 23.3 Å². The van der Waals surface area contributed by atoms with Gasteiger partial charge in [-0.15, -0.1) is 0 Å². The van der Waals surface area contributed by atoms with Crippen molar-refractivity contribution in [3.63, 3.8) is 0 Å². The molecule has 1 aromatic heterocycles. The number of halogens is 2. The van der Waals surface area contributed by atoms with E-state index in [2.05, 4.69) is 4.98 Å². The van der Waals surface area contributed by atoms with Crippen LogP contribution in [-0.2, 0) is 0 Å². The average molecular weight is 297 g/mol. The molecule has 0 aliphatic heterocycles. The molecule has 102 valence electrons. The molecule has 0 fully saturated rings. The summed E-state index contributed by atoms with van der Waals surface area (Å²) in [6.45, 7) is 0. The molecular formula is C12H6ClFN2O4. The Bertz CT molecular complexity index is 659. The number of pyridine rings is 1. The normalized spacial score (nSPS) is 10.3. The monoisotopic (exact) mass is 296 g/mol.